The van der Waals surface area contributed by atoms with Crippen LogP contribution in [0.4, 0.5) is 5.69 Å². The molecule has 2 unspecified atom stereocenters. The van der Waals surface area contributed by atoms with E-state index in [4.69, 9.17) is 9.47 Å². The number of fused-ring (bicyclic) bond motifs is 2. The molecule has 0 spiro atoms. The number of anilines is 1. The Bertz CT molecular complexity index is 779. The van der Waals surface area contributed by atoms with Gasteiger partial charge in [-0.05, 0) is 35.9 Å². The van der Waals surface area contributed by atoms with Crippen molar-refractivity contribution in [1.82, 2.24) is 0 Å². The van der Waals surface area contributed by atoms with E-state index in [1.54, 1.807) is 37.5 Å². The van der Waals surface area contributed by atoms with Gasteiger partial charge < -0.3 is 9.47 Å². The number of hydrogen-bond acceptors (Lipinski definition) is 5. The van der Waals surface area contributed by atoms with E-state index in [-0.39, 0.29) is 11.9 Å². The summed E-state index contributed by atoms with van der Waals surface area (Å²) in [7, 11) is -2.00. The molecule has 0 saturated carbocycles. The van der Waals surface area contributed by atoms with Crippen LogP contribution in [0.5, 0.6) is 5.75 Å². The molecule has 23 heavy (non-hydrogen) atoms. The summed E-state index contributed by atoms with van der Waals surface area (Å²) in [5.74, 6) is 0.475. The van der Waals surface area contributed by atoms with Crippen molar-refractivity contribution in [3.05, 3.63) is 48.2 Å². The van der Waals surface area contributed by atoms with Gasteiger partial charge in [0.05, 0.1) is 25.2 Å². The van der Waals surface area contributed by atoms with Gasteiger partial charge in [0.2, 0.25) is 10.0 Å². The fourth-order valence-electron chi connectivity index (χ4n) is 2.66. The van der Waals surface area contributed by atoms with Crippen LogP contribution in [0.1, 0.15) is 6.42 Å². The summed E-state index contributed by atoms with van der Waals surface area (Å²) in [5.41, 5.74) is 1.13. The molecule has 3 rings (SSSR count). The standard InChI is InChI=1S/C16H17NO5S/c1-21-13-5-3-12(4-6-13)17(23(2,19)20)10-11-9-14-7-8-15(18)16(11)22-14/h3-8,10,14,16H,9H2,1-2H3/b11-10+. The van der Waals surface area contributed by atoms with Crippen molar-refractivity contribution in [3.8, 4) is 5.75 Å². The van der Waals surface area contributed by atoms with Gasteiger partial charge in [0.25, 0.3) is 0 Å². The fraction of sp³-hybridized carbons (Fsp3) is 0.312. The van der Waals surface area contributed by atoms with Crippen molar-refractivity contribution in [2.45, 2.75) is 18.6 Å². The Morgan fingerprint density at radius 2 is 2.00 bits per heavy atom. The molecule has 122 valence electrons. The maximum absolute atomic E-state index is 12.2. The Morgan fingerprint density at radius 3 is 2.61 bits per heavy atom. The molecule has 2 heterocycles. The Hall–Kier alpha value is -2.12. The van der Waals surface area contributed by atoms with Crippen LogP contribution in [-0.2, 0) is 19.6 Å². The highest BCUT2D eigenvalue weighted by Gasteiger charge is 2.37. The molecule has 1 fully saturated rings. The zero-order chi connectivity index (χ0) is 16.6. The monoisotopic (exact) mass is 335 g/mol. The lowest BCUT2D eigenvalue weighted by Crippen LogP contribution is -2.28. The van der Waals surface area contributed by atoms with Crippen LogP contribution in [0.25, 0.3) is 0 Å². The highest BCUT2D eigenvalue weighted by atomic mass is 32.2. The summed E-state index contributed by atoms with van der Waals surface area (Å²) in [6.45, 7) is 0. The molecule has 1 aromatic carbocycles. The minimum absolute atomic E-state index is 0.159. The van der Waals surface area contributed by atoms with Gasteiger partial charge in [0.1, 0.15) is 11.9 Å². The first-order valence-electron chi connectivity index (χ1n) is 7.10. The van der Waals surface area contributed by atoms with Crippen molar-refractivity contribution < 1.29 is 22.7 Å². The quantitative estimate of drug-likeness (QED) is 0.836. The number of rotatable bonds is 4. The molecule has 0 aliphatic carbocycles. The predicted molar refractivity (Wildman–Crippen MR) is 85.8 cm³/mol. The third kappa shape index (κ3) is 3.16. The number of benzene rings is 1. The number of hydrogen-bond donors (Lipinski definition) is 0. The molecular formula is C16H17NO5S. The normalized spacial score (nSPS) is 25.0. The minimum atomic E-state index is -3.54. The van der Waals surface area contributed by atoms with Crippen molar-refractivity contribution in [2.24, 2.45) is 0 Å². The van der Waals surface area contributed by atoms with Gasteiger partial charge in [-0.15, -0.1) is 0 Å². The average Bonchev–Trinajstić information content (AvgIpc) is 2.86. The molecule has 0 radical (unpaired) electrons. The number of ketones is 1. The van der Waals surface area contributed by atoms with Gasteiger partial charge in [-0.2, -0.15) is 0 Å². The Balaban J connectivity index is 1.98. The van der Waals surface area contributed by atoms with Crippen molar-refractivity contribution in [1.29, 1.82) is 0 Å². The third-order valence-electron chi connectivity index (χ3n) is 3.79. The molecule has 0 N–H and O–H groups in total. The van der Waals surface area contributed by atoms with Crippen LogP contribution in [0, 0.1) is 0 Å². The fourth-order valence-corrected chi connectivity index (χ4v) is 3.50. The van der Waals surface area contributed by atoms with E-state index in [0.717, 1.165) is 6.26 Å². The number of nitrogens with zero attached hydrogens (tertiary/aromatic N) is 1. The van der Waals surface area contributed by atoms with Crippen LogP contribution >= 0.6 is 0 Å². The van der Waals surface area contributed by atoms with Crippen LogP contribution in [0.3, 0.4) is 0 Å². The van der Waals surface area contributed by atoms with E-state index in [2.05, 4.69) is 0 Å². The summed E-state index contributed by atoms with van der Waals surface area (Å²) in [5, 5.41) is 0. The van der Waals surface area contributed by atoms with Gasteiger partial charge in [-0.1, -0.05) is 6.08 Å². The van der Waals surface area contributed by atoms with Gasteiger partial charge in [0, 0.05) is 12.6 Å². The van der Waals surface area contributed by atoms with Gasteiger partial charge in [-0.25, -0.2) is 12.7 Å². The number of sulfonamides is 1. The van der Waals surface area contributed by atoms with Gasteiger partial charge >= 0.3 is 0 Å². The summed E-state index contributed by atoms with van der Waals surface area (Å²) >= 11 is 0. The Morgan fingerprint density at radius 1 is 1.30 bits per heavy atom. The number of ether oxygens (including phenoxy) is 2. The molecular weight excluding hydrogens is 318 g/mol. The summed E-state index contributed by atoms with van der Waals surface area (Å²) < 4.78 is 36.1. The average molecular weight is 335 g/mol. The second-order valence-electron chi connectivity index (χ2n) is 5.48. The molecule has 0 amide bonds. The first-order chi connectivity index (χ1) is 10.9. The van der Waals surface area contributed by atoms with Crippen LogP contribution in [-0.4, -0.2) is 39.8 Å². The lowest BCUT2D eigenvalue weighted by atomic mass is 10.1. The number of methoxy groups -OCH3 is 1. The zero-order valence-corrected chi connectivity index (χ0v) is 13.6. The molecule has 2 aliphatic heterocycles. The summed E-state index contributed by atoms with van der Waals surface area (Å²) in [4.78, 5) is 11.9. The molecule has 1 saturated heterocycles. The second-order valence-corrected chi connectivity index (χ2v) is 7.34. The highest BCUT2D eigenvalue weighted by molar-refractivity contribution is 7.92. The van der Waals surface area contributed by atoms with E-state index >= 15 is 0 Å². The van der Waals surface area contributed by atoms with Crippen molar-refractivity contribution in [3.63, 3.8) is 0 Å². The second kappa shape index (κ2) is 5.82. The number of carbonyl (C=O) groups excluding carboxylic acids is 1. The largest absolute Gasteiger partial charge is 0.497 e. The van der Waals surface area contributed by atoms with Crippen molar-refractivity contribution in [2.75, 3.05) is 17.7 Å². The molecule has 0 aromatic heterocycles. The van der Waals surface area contributed by atoms with Gasteiger partial charge in [0.15, 0.2) is 5.78 Å². The van der Waals surface area contributed by atoms with E-state index in [9.17, 15) is 13.2 Å². The third-order valence-corrected chi connectivity index (χ3v) is 4.82. The van der Waals surface area contributed by atoms with Crippen molar-refractivity contribution >= 4 is 21.5 Å². The maximum Gasteiger partial charge on any atom is 0.236 e. The van der Waals surface area contributed by atoms with Crippen LogP contribution in [0.2, 0.25) is 0 Å². The van der Waals surface area contributed by atoms with Gasteiger partial charge in [-0.3, -0.25) is 4.79 Å². The molecule has 2 bridgehead atoms. The predicted octanol–water partition coefficient (Wildman–Crippen LogP) is 1.64. The van der Waals surface area contributed by atoms with Crippen LogP contribution < -0.4 is 9.04 Å². The smallest absolute Gasteiger partial charge is 0.236 e. The SMILES string of the molecule is COc1ccc(N(/C=C2\CC3C=CC(=O)C2O3)S(C)(=O)=O)cc1. The van der Waals surface area contributed by atoms with E-state index in [1.807, 2.05) is 0 Å². The molecule has 7 heteroatoms. The Labute approximate surface area is 135 Å². The van der Waals surface area contributed by atoms with E-state index in [1.165, 1.54) is 16.6 Å². The summed E-state index contributed by atoms with van der Waals surface area (Å²) in [6.07, 6.45) is 5.47. The zero-order valence-electron chi connectivity index (χ0n) is 12.8. The highest BCUT2D eigenvalue weighted by Crippen LogP contribution is 2.33. The lowest BCUT2D eigenvalue weighted by molar-refractivity contribution is -0.124. The van der Waals surface area contributed by atoms with E-state index in [0.29, 0.717) is 23.4 Å². The lowest BCUT2D eigenvalue weighted by Gasteiger charge is -2.20. The molecule has 1 aromatic rings. The van der Waals surface area contributed by atoms with E-state index < -0.39 is 16.1 Å². The minimum Gasteiger partial charge on any atom is -0.497 e. The molecule has 2 aliphatic rings. The molecule has 2 atom stereocenters. The summed E-state index contributed by atoms with van der Waals surface area (Å²) in [6, 6.07) is 6.67. The maximum atomic E-state index is 12.2. The first-order valence-corrected chi connectivity index (χ1v) is 8.95. The molecule has 6 nitrogen and oxygen atoms in total. The topological polar surface area (TPSA) is 72.9 Å². The number of carbonyl (C=O) groups is 1. The van der Waals surface area contributed by atoms with Crippen LogP contribution in [0.15, 0.2) is 48.2 Å². The Kier molecular flexibility index (Phi) is 3.99. The first kappa shape index (κ1) is 15.8.